The lowest BCUT2D eigenvalue weighted by Gasteiger charge is -2.05. The normalized spacial score (nSPS) is 10.4. The summed E-state index contributed by atoms with van der Waals surface area (Å²) in [4.78, 5) is 11.9. The number of rotatable bonds is 5. The zero-order chi connectivity index (χ0) is 13.7. The van der Waals surface area contributed by atoms with Gasteiger partial charge in [-0.2, -0.15) is 0 Å². The molecule has 0 aliphatic rings. The van der Waals surface area contributed by atoms with E-state index in [1.54, 1.807) is 13.3 Å². The molecule has 0 fully saturated rings. The molecule has 0 radical (unpaired) electrons. The van der Waals surface area contributed by atoms with E-state index in [9.17, 15) is 0 Å². The predicted octanol–water partition coefficient (Wildman–Crippen LogP) is 3.09. The van der Waals surface area contributed by atoms with Gasteiger partial charge < -0.3 is 9.72 Å². The molecule has 5 heteroatoms. The summed E-state index contributed by atoms with van der Waals surface area (Å²) in [6.07, 6.45) is 4.56. The third-order valence-electron chi connectivity index (χ3n) is 2.75. The molecular weight excluding hydrogens is 258 g/mol. The minimum Gasteiger partial charge on any atom is -0.481 e. The number of ether oxygens (including phenoxy) is 1. The molecule has 0 aromatic carbocycles. The molecule has 0 saturated carbocycles. The van der Waals surface area contributed by atoms with Crippen LogP contribution in [0.3, 0.4) is 0 Å². The van der Waals surface area contributed by atoms with Crippen LogP contribution in [0.4, 0.5) is 0 Å². The minimum absolute atomic E-state index is 0.615. The summed E-state index contributed by atoms with van der Waals surface area (Å²) in [5.41, 5.74) is 2.21. The van der Waals surface area contributed by atoms with Gasteiger partial charge in [-0.3, -0.25) is 0 Å². The van der Waals surface area contributed by atoms with Crippen molar-refractivity contribution in [2.75, 3.05) is 7.11 Å². The number of methoxy groups -OCH3 is 1. The summed E-state index contributed by atoms with van der Waals surface area (Å²) >= 11 is 5.19. The van der Waals surface area contributed by atoms with E-state index in [0.717, 1.165) is 29.9 Å². The highest BCUT2D eigenvalue weighted by Crippen LogP contribution is 2.10. The Bertz CT molecular complexity index is 592. The van der Waals surface area contributed by atoms with Gasteiger partial charge in [0.15, 0.2) is 0 Å². The summed E-state index contributed by atoms with van der Waals surface area (Å²) in [6, 6.07) is 5.76. The maximum Gasteiger partial charge on any atom is 0.212 e. The summed E-state index contributed by atoms with van der Waals surface area (Å²) in [6.45, 7) is 2.14. The van der Waals surface area contributed by atoms with Crippen molar-refractivity contribution in [2.24, 2.45) is 0 Å². The molecule has 1 N–H and O–H groups in total. The molecule has 2 heterocycles. The van der Waals surface area contributed by atoms with Crippen molar-refractivity contribution < 1.29 is 4.74 Å². The average molecular weight is 275 g/mol. The maximum atomic E-state index is 5.19. The van der Waals surface area contributed by atoms with E-state index in [2.05, 4.69) is 21.9 Å². The van der Waals surface area contributed by atoms with Crippen molar-refractivity contribution in [3.05, 3.63) is 46.1 Å². The first-order valence-electron chi connectivity index (χ1n) is 6.29. The van der Waals surface area contributed by atoms with E-state index >= 15 is 0 Å². The summed E-state index contributed by atoms with van der Waals surface area (Å²) < 4.78 is 5.68. The SMILES string of the molecule is CCCc1cc(=S)nc(Cc2ccc(OC)nc2)[nH]1. The summed E-state index contributed by atoms with van der Waals surface area (Å²) in [5.74, 6) is 1.49. The second-order valence-corrected chi connectivity index (χ2v) is 4.75. The number of aromatic nitrogens is 3. The van der Waals surface area contributed by atoms with Gasteiger partial charge in [0, 0.05) is 24.4 Å². The van der Waals surface area contributed by atoms with Gasteiger partial charge in [-0.05, 0) is 18.1 Å². The van der Waals surface area contributed by atoms with Gasteiger partial charge in [0.1, 0.15) is 10.5 Å². The molecule has 0 unspecified atom stereocenters. The van der Waals surface area contributed by atoms with Gasteiger partial charge >= 0.3 is 0 Å². The highest BCUT2D eigenvalue weighted by molar-refractivity contribution is 7.71. The van der Waals surface area contributed by atoms with Crippen molar-refractivity contribution in [3.63, 3.8) is 0 Å². The smallest absolute Gasteiger partial charge is 0.212 e. The Kier molecular flexibility index (Phi) is 4.63. The van der Waals surface area contributed by atoms with Crippen molar-refractivity contribution >= 4 is 12.2 Å². The van der Waals surface area contributed by atoms with Crippen LogP contribution in [0.15, 0.2) is 24.4 Å². The van der Waals surface area contributed by atoms with Gasteiger partial charge in [0.05, 0.1) is 7.11 Å². The number of hydrogen-bond donors (Lipinski definition) is 1. The Morgan fingerprint density at radius 3 is 2.84 bits per heavy atom. The van der Waals surface area contributed by atoms with Crippen molar-refractivity contribution in [1.29, 1.82) is 0 Å². The molecule has 2 aromatic heterocycles. The molecule has 0 aliphatic heterocycles. The van der Waals surface area contributed by atoms with E-state index in [1.807, 2.05) is 18.2 Å². The lowest BCUT2D eigenvalue weighted by molar-refractivity contribution is 0.397. The predicted molar refractivity (Wildman–Crippen MR) is 77.0 cm³/mol. The van der Waals surface area contributed by atoms with Gasteiger partial charge in [-0.15, -0.1) is 0 Å². The Balaban J connectivity index is 2.19. The van der Waals surface area contributed by atoms with Crippen molar-refractivity contribution in [2.45, 2.75) is 26.2 Å². The number of hydrogen-bond acceptors (Lipinski definition) is 4. The van der Waals surface area contributed by atoms with Crippen molar-refractivity contribution in [3.8, 4) is 5.88 Å². The third-order valence-corrected chi connectivity index (χ3v) is 2.95. The van der Waals surface area contributed by atoms with Crippen LogP contribution < -0.4 is 4.74 Å². The fourth-order valence-electron chi connectivity index (χ4n) is 1.88. The molecular formula is C14H17N3OS. The quantitative estimate of drug-likeness (QED) is 0.852. The minimum atomic E-state index is 0.615. The van der Waals surface area contributed by atoms with Crippen LogP contribution in [0, 0.1) is 4.64 Å². The van der Waals surface area contributed by atoms with Crippen LogP contribution in [0.25, 0.3) is 0 Å². The largest absolute Gasteiger partial charge is 0.481 e. The molecule has 2 rings (SSSR count). The van der Waals surface area contributed by atoms with Gasteiger partial charge in [-0.25, -0.2) is 9.97 Å². The van der Waals surface area contributed by atoms with Crippen LogP contribution in [0.5, 0.6) is 5.88 Å². The second kappa shape index (κ2) is 6.43. The number of aryl methyl sites for hydroxylation is 1. The topological polar surface area (TPSA) is 50.8 Å². The number of nitrogens with one attached hydrogen (secondary N) is 1. The van der Waals surface area contributed by atoms with Crippen LogP contribution >= 0.6 is 12.2 Å². The molecule has 0 bridgehead atoms. The number of pyridine rings is 1. The number of aromatic amines is 1. The standard InChI is InChI=1S/C14H17N3OS/c1-3-4-11-8-14(19)17-12(16-11)7-10-5-6-13(18-2)15-9-10/h5-6,8-9H,3-4,7H2,1-2H3,(H,16,17,19). The second-order valence-electron chi connectivity index (χ2n) is 4.33. The Morgan fingerprint density at radius 1 is 1.37 bits per heavy atom. The fraction of sp³-hybridized carbons (Fsp3) is 0.357. The Hall–Kier alpha value is -1.75. The lowest BCUT2D eigenvalue weighted by atomic mass is 10.2. The third kappa shape index (κ3) is 3.86. The first kappa shape index (κ1) is 13.7. The van der Waals surface area contributed by atoms with E-state index in [4.69, 9.17) is 17.0 Å². The van der Waals surface area contributed by atoms with E-state index in [0.29, 0.717) is 16.9 Å². The molecule has 0 spiro atoms. The zero-order valence-electron chi connectivity index (χ0n) is 11.1. The summed E-state index contributed by atoms with van der Waals surface area (Å²) in [7, 11) is 1.61. The lowest BCUT2D eigenvalue weighted by Crippen LogP contribution is -2.01. The van der Waals surface area contributed by atoms with Gasteiger partial charge in [-0.1, -0.05) is 31.6 Å². The number of H-pyrrole nitrogens is 1. The Labute approximate surface area is 117 Å². The van der Waals surface area contributed by atoms with Crippen LogP contribution in [0.1, 0.15) is 30.4 Å². The van der Waals surface area contributed by atoms with Gasteiger partial charge in [0.25, 0.3) is 0 Å². The molecule has 2 aromatic rings. The molecule has 4 nitrogen and oxygen atoms in total. The molecule has 0 atom stereocenters. The van der Waals surface area contributed by atoms with Gasteiger partial charge in [0.2, 0.25) is 5.88 Å². The van der Waals surface area contributed by atoms with Crippen molar-refractivity contribution in [1.82, 2.24) is 15.0 Å². The Morgan fingerprint density at radius 2 is 2.21 bits per heavy atom. The number of nitrogens with zero attached hydrogens (tertiary/aromatic N) is 2. The maximum absolute atomic E-state index is 5.19. The van der Waals surface area contributed by atoms with E-state index in [-0.39, 0.29) is 0 Å². The molecule has 19 heavy (non-hydrogen) atoms. The van der Waals surface area contributed by atoms with Crippen LogP contribution in [0.2, 0.25) is 0 Å². The molecule has 100 valence electrons. The molecule has 0 saturated heterocycles. The fourth-order valence-corrected chi connectivity index (χ4v) is 2.13. The molecule has 0 aliphatic carbocycles. The first-order valence-corrected chi connectivity index (χ1v) is 6.70. The highest BCUT2D eigenvalue weighted by Gasteiger charge is 2.02. The monoisotopic (exact) mass is 275 g/mol. The first-order chi connectivity index (χ1) is 9.21. The van der Waals surface area contributed by atoms with Crippen LogP contribution in [-0.4, -0.2) is 22.1 Å². The highest BCUT2D eigenvalue weighted by atomic mass is 32.1. The van der Waals surface area contributed by atoms with Crippen LogP contribution in [-0.2, 0) is 12.8 Å². The molecule has 0 amide bonds. The summed E-state index contributed by atoms with van der Waals surface area (Å²) in [5, 5.41) is 0. The van der Waals surface area contributed by atoms with E-state index in [1.165, 1.54) is 0 Å². The zero-order valence-corrected chi connectivity index (χ0v) is 12.0. The average Bonchev–Trinajstić information content (AvgIpc) is 2.39. The van der Waals surface area contributed by atoms with E-state index < -0.39 is 0 Å².